The lowest BCUT2D eigenvalue weighted by molar-refractivity contribution is 0.0358. The van der Waals surface area contributed by atoms with Crippen molar-refractivity contribution >= 4 is 5.78 Å². The third-order valence-electron chi connectivity index (χ3n) is 6.11. The molecule has 1 heterocycles. The van der Waals surface area contributed by atoms with Crippen LogP contribution in [0.2, 0.25) is 0 Å². The summed E-state index contributed by atoms with van der Waals surface area (Å²) in [6, 6.07) is 11.9. The summed E-state index contributed by atoms with van der Waals surface area (Å²) in [4.78, 5) is 15.3. The lowest BCUT2D eigenvalue weighted by Gasteiger charge is -2.26. The first-order valence-corrected chi connectivity index (χ1v) is 11.0. The summed E-state index contributed by atoms with van der Waals surface area (Å²) < 4.78 is 22.0. The molecular weight excluding hydrogens is 394 g/mol. The fourth-order valence-corrected chi connectivity index (χ4v) is 4.37. The Morgan fingerprint density at radius 3 is 2.45 bits per heavy atom. The first-order chi connectivity index (χ1) is 15.2. The Labute approximate surface area is 184 Å². The number of Topliss-reactive ketones (excluding diaryl/α,β-unsaturated/α-hetero) is 1. The molecule has 1 aliphatic heterocycles. The second-order valence-electron chi connectivity index (χ2n) is 8.13. The van der Waals surface area contributed by atoms with Crippen molar-refractivity contribution in [1.29, 1.82) is 0 Å². The molecule has 6 nitrogen and oxygen atoms in total. The SMILES string of the molecule is COc1cc2c(cc1OC)C(=O)C(Cc1ccc(OCCCN3CCOCC3)cc1)C2. The van der Waals surface area contributed by atoms with Crippen LogP contribution in [0.3, 0.4) is 0 Å². The van der Waals surface area contributed by atoms with Crippen molar-refractivity contribution < 1.29 is 23.7 Å². The van der Waals surface area contributed by atoms with Gasteiger partial charge in [-0.2, -0.15) is 0 Å². The maximum atomic E-state index is 12.9. The summed E-state index contributed by atoms with van der Waals surface area (Å²) in [5.74, 6) is 2.28. The third kappa shape index (κ3) is 5.20. The predicted octanol–water partition coefficient (Wildman–Crippen LogP) is 3.40. The van der Waals surface area contributed by atoms with Crippen LogP contribution >= 0.6 is 0 Å². The molecule has 0 amide bonds. The Balaban J connectivity index is 1.28. The van der Waals surface area contributed by atoms with Crippen LogP contribution < -0.4 is 14.2 Å². The van der Waals surface area contributed by atoms with Crippen LogP contribution in [0.5, 0.6) is 17.2 Å². The van der Waals surface area contributed by atoms with E-state index in [1.165, 1.54) is 0 Å². The van der Waals surface area contributed by atoms with Crippen LogP contribution in [0.4, 0.5) is 0 Å². The molecule has 1 saturated heterocycles. The van der Waals surface area contributed by atoms with Crippen molar-refractivity contribution in [3.8, 4) is 17.2 Å². The highest BCUT2D eigenvalue weighted by molar-refractivity contribution is 6.03. The molecule has 31 heavy (non-hydrogen) atoms. The molecule has 0 spiro atoms. The Kier molecular flexibility index (Phi) is 7.10. The van der Waals surface area contributed by atoms with Gasteiger partial charge in [0.1, 0.15) is 5.75 Å². The first-order valence-electron chi connectivity index (χ1n) is 11.0. The largest absolute Gasteiger partial charge is 0.494 e. The Morgan fingerprint density at radius 1 is 1.03 bits per heavy atom. The van der Waals surface area contributed by atoms with Gasteiger partial charge in [0.2, 0.25) is 0 Å². The van der Waals surface area contributed by atoms with Crippen LogP contribution in [0.15, 0.2) is 36.4 Å². The molecule has 6 heteroatoms. The maximum Gasteiger partial charge on any atom is 0.167 e. The summed E-state index contributed by atoms with van der Waals surface area (Å²) in [5, 5.41) is 0. The highest BCUT2D eigenvalue weighted by atomic mass is 16.5. The maximum absolute atomic E-state index is 12.9. The number of ketones is 1. The molecule has 0 saturated carbocycles. The molecule has 0 bridgehead atoms. The molecule has 2 aromatic rings. The summed E-state index contributed by atoms with van der Waals surface area (Å²) in [6.07, 6.45) is 2.45. The quantitative estimate of drug-likeness (QED) is 0.574. The van der Waals surface area contributed by atoms with Gasteiger partial charge in [0, 0.05) is 31.1 Å². The Bertz CT molecular complexity index is 890. The number of hydrogen-bond acceptors (Lipinski definition) is 6. The molecule has 1 aliphatic carbocycles. The van der Waals surface area contributed by atoms with Gasteiger partial charge < -0.3 is 18.9 Å². The summed E-state index contributed by atoms with van der Waals surface area (Å²) in [7, 11) is 3.21. The predicted molar refractivity (Wildman–Crippen MR) is 119 cm³/mol. The van der Waals surface area contributed by atoms with Crippen LogP contribution in [-0.4, -0.2) is 64.4 Å². The third-order valence-corrected chi connectivity index (χ3v) is 6.11. The summed E-state index contributed by atoms with van der Waals surface area (Å²) in [5.41, 5.74) is 2.93. The zero-order valence-corrected chi connectivity index (χ0v) is 18.4. The van der Waals surface area contributed by atoms with E-state index in [2.05, 4.69) is 17.0 Å². The highest BCUT2D eigenvalue weighted by Gasteiger charge is 2.32. The fraction of sp³-hybridized carbons (Fsp3) is 0.480. The second-order valence-corrected chi connectivity index (χ2v) is 8.13. The van der Waals surface area contributed by atoms with E-state index in [1.807, 2.05) is 24.3 Å². The monoisotopic (exact) mass is 425 g/mol. The van der Waals surface area contributed by atoms with Gasteiger partial charge in [-0.25, -0.2) is 0 Å². The smallest absolute Gasteiger partial charge is 0.167 e. The van der Waals surface area contributed by atoms with E-state index in [0.29, 0.717) is 18.1 Å². The topological polar surface area (TPSA) is 57.2 Å². The van der Waals surface area contributed by atoms with E-state index in [1.54, 1.807) is 14.2 Å². The van der Waals surface area contributed by atoms with Crippen molar-refractivity contribution in [2.24, 2.45) is 5.92 Å². The molecular formula is C25H31NO5. The number of benzene rings is 2. The van der Waals surface area contributed by atoms with E-state index >= 15 is 0 Å². The van der Waals surface area contributed by atoms with Crippen molar-refractivity contribution in [2.75, 3.05) is 53.7 Å². The van der Waals surface area contributed by atoms with E-state index < -0.39 is 0 Å². The van der Waals surface area contributed by atoms with E-state index in [0.717, 1.165) is 74.6 Å². The fourth-order valence-electron chi connectivity index (χ4n) is 4.37. The Hall–Kier alpha value is -2.57. The van der Waals surface area contributed by atoms with Crippen molar-refractivity contribution in [2.45, 2.75) is 19.3 Å². The van der Waals surface area contributed by atoms with E-state index in [-0.39, 0.29) is 11.7 Å². The van der Waals surface area contributed by atoms with Gasteiger partial charge in [0.05, 0.1) is 34.0 Å². The molecule has 0 radical (unpaired) electrons. The number of methoxy groups -OCH3 is 2. The highest BCUT2D eigenvalue weighted by Crippen LogP contribution is 2.37. The van der Waals surface area contributed by atoms with Gasteiger partial charge in [-0.05, 0) is 54.7 Å². The standard InChI is InChI=1S/C25H31NO5/c1-28-23-16-19-15-20(25(27)22(19)17-24(23)29-2)14-18-4-6-21(7-5-18)31-11-3-8-26-9-12-30-13-10-26/h4-7,16-17,20H,3,8-15H2,1-2H3. The number of carbonyl (C=O) groups is 1. The van der Waals surface area contributed by atoms with Crippen LogP contribution in [0.1, 0.15) is 27.9 Å². The lowest BCUT2D eigenvalue weighted by atomic mass is 9.96. The van der Waals surface area contributed by atoms with E-state index in [4.69, 9.17) is 18.9 Å². The molecule has 4 rings (SSSR count). The van der Waals surface area contributed by atoms with Gasteiger partial charge in [-0.3, -0.25) is 9.69 Å². The molecule has 0 aromatic heterocycles. The van der Waals surface area contributed by atoms with Gasteiger partial charge in [-0.15, -0.1) is 0 Å². The van der Waals surface area contributed by atoms with Crippen LogP contribution in [0.25, 0.3) is 0 Å². The minimum Gasteiger partial charge on any atom is -0.494 e. The number of rotatable bonds is 9. The van der Waals surface area contributed by atoms with E-state index in [9.17, 15) is 4.79 Å². The van der Waals surface area contributed by atoms with Gasteiger partial charge in [0.15, 0.2) is 17.3 Å². The van der Waals surface area contributed by atoms with Crippen molar-refractivity contribution in [3.63, 3.8) is 0 Å². The number of fused-ring (bicyclic) bond motifs is 1. The minimum atomic E-state index is -0.0490. The normalized spacial score (nSPS) is 18.6. The minimum absolute atomic E-state index is 0.0490. The zero-order chi connectivity index (χ0) is 21.6. The molecule has 1 unspecified atom stereocenters. The van der Waals surface area contributed by atoms with Gasteiger partial charge >= 0.3 is 0 Å². The Morgan fingerprint density at radius 2 is 1.74 bits per heavy atom. The summed E-state index contributed by atoms with van der Waals surface area (Å²) in [6.45, 7) is 5.43. The number of hydrogen-bond donors (Lipinski definition) is 0. The zero-order valence-electron chi connectivity index (χ0n) is 18.4. The first kappa shape index (κ1) is 21.7. The molecule has 0 N–H and O–H groups in total. The molecule has 166 valence electrons. The number of nitrogens with zero attached hydrogens (tertiary/aromatic N) is 1. The average Bonchev–Trinajstić information content (AvgIpc) is 3.11. The van der Waals surface area contributed by atoms with Gasteiger partial charge in [0.25, 0.3) is 0 Å². The molecule has 1 fully saturated rings. The molecule has 1 atom stereocenters. The van der Waals surface area contributed by atoms with Crippen molar-refractivity contribution in [3.05, 3.63) is 53.1 Å². The molecule has 2 aromatic carbocycles. The average molecular weight is 426 g/mol. The second kappa shape index (κ2) is 10.2. The lowest BCUT2D eigenvalue weighted by Crippen LogP contribution is -2.37. The van der Waals surface area contributed by atoms with Crippen molar-refractivity contribution in [1.82, 2.24) is 4.90 Å². The van der Waals surface area contributed by atoms with Crippen LogP contribution in [0, 0.1) is 5.92 Å². The number of morpholine rings is 1. The number of carbonyl (C=O) groups excluding carboxylic acids is 1. The number of ether oxygens (including phenoxy) is 4. The summed E-state index contributed by atoms with van der Waals surface area (Å²) >= 11 is 0. The van der Waals surface area contributed by atoms with Gasteiger partial charge in [-0.1, -0.05) is 12.1 Å². The van der Waals surface area contributed by atoms with Crippen LogP contribution in [-0.2, 0) is 17.6 Å². The molecule has 2 aliphatic rings.